The van der Waals surface area contributed by atoms with Crippen LogP contribution in [-0.2, 0) is 0 Å². The Hall–Kier alpha value is -0.570. The molecule has 1 aromatic carbocycles. The largest absolute Gasteiger partial charge is 0.314 e. The van der Waals surface area contributed by atoms with Gasteiger partial charge in [-0.3, -0.25) is 4.90 Å². The predicted octanol–water partition coefficient (Wildman–Crippen LogP) is 3.72. The van der Waals surface area contributed by atoms with Crippen LogP contribution in [0.4, 0.5) is 0 Å². The molecule has 2 nitrogen and oxygen atoms in total. The van der Waals surface area contributed by atoms with E-state index >= 15 is 0 Å². The minimum Gasteiger partial charge on any atom is -0.314 e. The van der Waals surface area contributed by atoms with Crippen molar-refractivity contribution in [2.75, 3.05) is 20.1 Å². The van der Waals surface area contributed by atoms with Gasteiger partial charge in [-0.2, -0.15) is 0 Å². The maximum absolute atomic E-state index is 6.00. The molecule has 2 unspecified atom stereocenters. The second kappa shape index (κ2) is 6.74. The van der Waals surface area contributed by atoms with E-state index in [2.05, 4.69) is 43.2 Å². The van der Waals surface area contributed by atoms with Crippen LogP contribution in [0, 0.1) is 5.92 Å². The fourth-order valence-corrected chi connectivity index (χ4v) is 3.17. The lowest BCUT2D eigenvalue weighted by atomic mass is 9.85. The van der Waals surface area contributed by atoms with E-state index < -0.39 is 0 Å². The highest BCUT2D eigenvalue weighted by molar-refractivity contribution is 6.30. The molecule has 1 N–H and O–H groups in total. The average Bonchev–Trinajstić information content (AvgIpc) is 2.38. The summed E-state index contributed by atoms with van der Waals surface area (Å²) in [7, 11) is 2.24. The lowest BCUT2D eigenvalue weighted by molar-refractivity contribution is 0.118. The Morgan fingerprint density at radius 2 is 2.00 bits per heavy atom. The lowest BCUT2D eigenvalue weighted by Gasteiger charge is -2.40. The van der Waals surface area contributed by atoms with Crippen molar-refractivity contribution in [1.82, 2.24) is 10.2 Å². The van der Waals surface area contributed by atoms with Gasteiger partial charge in [-0.05, 0) is 50.0 Å². The van der Waals surface area contributed by atoms with Crippen LogP contribution < -0.4 is 5.32 Å². The van der Waals surface area contributed by atoms with E-state index in [-0.39, 0.29) is 0 Å². The van der Waals surface area contributed by atoms with E-state index in [1.165, 1.54) is 24.9 Å². The zero-order valence-corrected chi connectivity index (χ0v) is 13.0. The summed E-state index contributed by atoms with van der Waals surface area (Å²) in [4.78, 5) is 2.49. The van der Waals surface area contributed by atoms with Gasteiger partial charge < -0.3 is 5.32 Å². The molecule has 1 heterocycles. The van der Waals surface area contributed by atoms with Crippen LogP contribution in [0.1, 0.15) is 38.3 Å². The Balaban J connectivity index is 2.13. The van der Waals surface area contributed by atoms with Gasteiger partial charge in [0.25, 0.3) is 0 Å². The van der Waals surface area contributed by atoms with Crippen LogP contribution in [-0.4, -0.2) is 31.1 Å². The zero-order valence-electron chi connectivity index (χ0n) is 12.2. The summed E-state index contributed by atoms with van der Waals surface area (Å²) in [5.74, 6) is 0.683. The number of hydrogen-bond donors (Lipinski definition) is 1. The normalized spacial score (nSPS) is 24.9. The fraction of sp³-hybridized carbons (Fsp3) is 0.625. The Labute approximate surface area is 122 Å². The molecule has 1 aliphatic heterocycles. The first kappa shape index (κ1) is 14.8. The number of rotatable bonds is 4. The highest BCUT2D eigenvalue weighted by Gasteiger charge is 2.30. The van der Waals surface area contributed by atoms with E-state index in [0.29, 0.717) is 18.0 Å². The van der Waals surface area contributed by atoms with Crippen LogP contribution in [0.25, 0.3) is 0 Å². The molecule has 0 radical (unpaired) electrons. The quantitative estimate of drug-likeness (QED) is 0.904. The molecule has 1 saturated heterocycles. The van der Waals surface area contributed by atoms with Crippen LogP contribution in [0.5, 0.6) is 0 Å². The number of likely N-dealkylation sites (tertiary alicyclic amines) is 1. The number of benzene rings is 1. The molecule has 1 aromatic rings. The first-order valence-electron chi connectivity index (χ1n) is 7.27. The number of hydrogen-bond acceptors (Lipinski definition) is 2. The Morgan fingerprint density at radius 1 is 1.32 bits per heavy atom. The summed E-state index contributed by atoms with van der Waals surface area (Å²) in [6.07, 6.45) is 2.60. The SMILES string of the molecule is CC(C)NCC1CCCN(C)C1c1ccc(Cl)cc1. The third-order valence-electron chi connectivity index (χ3n) is 4.01. The molecule has 0 saturated carbocycles. The van der Waals surface area contributed by atoms with Gasteiger partial charge in [0.2, 0.25) is 0 Å². The Bertz CT molecular complexity index is 388. The molecule has 0 aromatic heterocycles. The van der Waals surface area contributed by atoms with Gasteiger partial charge in [0.15, 0.2) is 0 Å². The molecule has 3 heteroatoms. The molecular weight excluding hydrogens is 256 g/mol. The fourth-order valence-electron chi connectivity index (χ4n) is 3.05. The molecule has 1 fully saturated rings. The molecule has 2 atom stereocenters. The first-order valence-corrected chi connectivity index (χ1v) is 7.65. The van der Waals surface area contributed by atoms with E-state index in [4.69, 9.17) is 11.6 Å². The highest BCUT2D eigenvalue weighted by Crippen LogP contribution is 2.35. The molecule has 0 spiro atoms. The molecular formula is C16H25ClN2. The number of piperidine rings is 1. The molecule has 1 aliphatic rings. The average molecular weight is 281 g/mol. The van der Waals surface area contributed by atoms with Crippen molar-refractivity contribution in [1.29, 1.82) is 0 Å². The monoisotopic (exact) mass is 280 g/mol. The van der Waals surface area contributed by atoms with Crippen molar-refractivity contribution in [2.24, 2.45) is 5.92 Å². The summed E-state index contributed by atoms with van der Waals surface area (Å²) in [5.41, 5.74) is 1.39. The van der Waals surface area contributed by atoms with Gasteiger partial charge in [-0.15, -0.1) is 0 Å². The van der Waals surface area contributed by atoms with Crippen LogP contribution >= 0.6 is 11.6 Å². The number of nitrogens with zero attached hydrogens (tertiary/aromatic N) is 1. The summed E-state index contributed by atoms with van der Waals surface area (Å²) < 4.78 is 0. The van der Waals surface area contributed by atoms with Crippen molar-refractivity contribution in [3.05, 3.63) is 34.9 Å². The van der Waals surface area contributed by atoms with Gasteiger partial charge in [-0.1, -0.05) is 37.6 Å². The summed E-state index contributed by atoms with van der Waals surface area (Å²) in [5, 5.41) is 4.41. The molecule has 0 bridgehead atoms. The standard InChI is InChI=1S/C16H25ClN2/c1-12(2)18-11-14-5-4-10-19(3)16(14)13-6-8-15(17)9-7-13/h6-9,12,14,16,18H,4-5,10-11H2,1-3H3. The van der Waals surface area contributed by atoms with Gasteiger partial charge in [0.1, 0.15) is 0 Å². The van der Waals surface area contributed by atoms with Gasteiger partial charge in [0.05, 0.1) is 0 Å². The van der Waals surface area contributed by atoms with Crippen molar-refractivity contribution < 1.29 is 0 Å². The van der Waals surface area contributed by atoms with Crippen LogP contribution in [0.2, 0.25) is 5.02 Å². The molecule has 0 aliphatic carbocycles. The topological polar surface area (TPSA) is 15.3 Å². The van der Waals surface area contributed by atoms with E-state index in [1.54, 1.807) is 0 Å². The highest BCUT2D eigenvalue weighted by atomic mass is 35.5. The van der Waals surface area contributed by atoms with Gasteiger partial charge >= 0.3 is 0 Å². The van der Waals surface area contributed by atoms with Crippen molar-refractivity contribution in [3.8, 4) is 0 Å². The lowest BCUT2D eigenvalue weighted by Crippen LogP contribution is -2.41. The number of nitrogens with one attached hydrogen (secondary N) is 1. The van der Waals surface area contributed by atoms with Crippen LogP contribution in [0.3, 0.4) is 0 Å². The van der Waals surface area contributed by atoms with E-state index in [9.17, 15) is 0 Å². The summed E-state index contributed by atoms with van der Waals surface area (Å²) in [6, 6.07) is 9.43. The Morgan fingerprint density at radius 3 is 2.63 bits per heavy atom. The van der Waals surface area contributed by atoms with E-state index in [0.717, 1.165) is 11.6 Å². The van der Waals surface area contributed by atoms with Crippen molar-refractivity contribution in [2.45, 2.75) is 38.8 Å². The smallest absolute Gasteiger partial charge is 0.0406 e. The second-order valence-corrected chi connectivity index (χ2v) is 6.38. The zero-order chi connectivity index (χ0) is 13.8. The van der Waals surface area contributed by atoms with Gasteiger partial charge in [-0.25, -0.2) is 0 Å². The summed E-state index contributed by atoms with van der Waals surface area (Å²) >= 11 is 6.00. The first-order chi connectivity index (χ1) is 9.08. The maximum atomic E-state index is 6.00. The van der Waals surface area contributed by atoms with Gasteiger partial charge in [0, 0.05) is 23.7 Å². The minimum atomic E-state index is 0.511. The molecule has 0 amide bonds. The third kappa shape index (κ3) is 3.95. The molecule has 19 heavy (non-hydrogen) atoms. The number of halogens is 1. The predicted molar refractivity (Wildman–Crippen MR) is 82.7 cm³/mol. The molecule has 106 valence electrons. The Kier molecular flexibility index (Phi) is 5.26. The van der Waals surface area contributed by atoms with Crippen LogP contribution in [0.15, 0.2) is 24.3 Å². The maximum Gasteiger partial charge on any atom is 0.0406 e. The summed E-state index contributed by atoms with van der Waals surface area (Å²) in [6.45, 7) is 6.70. The van der Waals surface area contributed by atoms with Crippen molar-refractivity contribution >= 4 is 11.6 Å². The van der Waals surface area contributed by atoms with E-state index in [1.807, 2.05) is 12.1 Å². The minimum absolute atomic E-state index is 0.511. The van der Waals surface area contributed by atoms with Crippen molar-refractivity contribution in [3.63, 3.8) is 0 Å². The third-order valence-corrected chi connectivity index (χ3v) is 4.26. The second-order valence-electron chi connectivity index (χ2n) is 5.94. The molecule has 2 rings (SSSR count).